The summed E-state index contributed by atoms with van der Waals surface area (Å²) < 4.78 is 0. The van der Waals surface area contributed by atoms with Crippen LogP contribution in [0.15, 0.2) is 24.3 Å². The lowest BCUT2D eigenvalue weighted by molar-refractivity contribution is -0.127. The quantitative estimate of drug-likeness (QED) is 0.765. The van der Waals surface area contributed by atoms with Crippen molar-refractivity contribution in [3.8, 4) is 0 Å². The molecule has 1 unspecified atom stereocenters. The summed E-state index contributed by atoms with van der Waals surface area (Å²) in [5, 5.41) is 13.0. The van der Waals surface area contributed by atoms with Crippen molar-refractivity contribution in [1.82, 2.24) is 5.32 Å². The molecule has 0 bridgehead atoms. The summed E-state index contributed by atoms with van der Waals surface area (Å²) in [5.41, 5.74) is 7.23. The van der Waals surface area contributed by atoms with Crippen LogP contribution in [-0.2, 0) is 11.2 Å². The SMILES string of the molecule is CCCC(C)(N)C(=O)N[C@H]1c2ccccc2C[C@H]1O. The molecular formula is C15H22N2O2. The highest BCUT2D eigenvalue weighted by Crippen LogP contribution is 2.31. The normalized spacial score (nSPS) is 24.6. The van der Waals surface area contributed by atoms with Crippen molar-refractivity contribution in [1.29, 1.82) is 0 Å². The number of nitrogens with one attached hydrogen (secondary N) is 1. The first-order valence-corrected chi connectivity index (χ1v) is 6.81. The van der Waals surface area contributed by atoms with Crippen molar-refractivity contribution >= 4 is 5.91 Å². The van der Waals surface area contributed by atoms with Gasteiger partial charge in [-0.1, -0.05) is 37.6 Å². The summed E-state index contributed by atoms with van der Waals surface area (Å²) in [7, 11) is 0. The number of nitrogens with two attached hydrogens (primary N) is 1. The summed E-state index contributed by atoms with van der Waals surface area (Å²) in [5.74, 6) is -0.199. The van der Waals surface area contributed by atoms with Crippen LogP contribution in [-0.4, -0.2) is 22.7 Å². The molecule has 0 saturated heterocycles. The Balaban J connectivity index is 2.14. The molecule has 3 atom stereocenters. The molecule has 4 heteroatoms. The summed E-state index contributed by atoms with van der Waals surface area (Å²) >= 11 is 0. The van der Waals surface area contributed by atoms with E-state index in [1.54, 1.807) is 6.92 Å². The zero-order valence-electron chi connectivity index (χ0n) is 11.5. The zero-order valence-corrected chi connectivity index (χ0v) is 11.5. The fourth-order valence-electron chi connectivity index (χ4n) is 2.69. The van der Waals surface area contributed by atoms with Gasteiger partial charge in [0.2, 0.25) is 5.91 Å². The van der Waals surface area contributed by atoms with Gasteiger partial charge in [0.05, 0.1) is 17.7 Å². The van der Waals surface area contributed by atoms with Crippen LogP contribution in [0.1, 0.15) is 43.9 Å². The van der Waals surface area contributed by atoms with Crippen LogP contribution in [0, 0.1) is 0 Å². The van der Waals surface area contributed by atoms with Gasteiger partial charge in [0, 0.05) is 6.42 Å². The summed E-state index contributed by atoms with van der Waals surface area (Å²) in [6.07, 6.45) is 1.49. The molecule has 0 fully saturated rings. The second-order valence-corrected chi connectivity index (χ2v) is 5.59. The zero-order chi connectivity index (χ0) is 14.0. The molecule has 1 aromatic carbocycles. The third kappa shape index (κ3) is 2.80. The molecule has 0 aromatic heterocycles. The molecule has 0 aliphatic heterocycles. The van der Waals surface area contributed by atoms with Crippen molar-refractivity contribution in [3.63, 3.8) is 0 Å². The molecule has 4 N–H and O–H groups in total. The molecule has 1 amide bonds. The maximum atomic E-state index is 12.2. The standard InChI is InChI=1S/C15H22N2O2/c1-3-8-15(2,16)14(19)17-13-11-7-5-4-6-10(11)9-12(13)18/h4-7,12-13,18H,3,8-9,16H2,1-2H3,(H,17,19)/t12-,13+,15?/m1/s1. The number of aliphatic hydroxyl groups excluding tert-OH is 1. The molecule has 1 aliphatic carbocycles. The first-order valence-electron chi connectivity index (χ1n) is 6.81. The van der Waals surface area contributed by atoms with Gasteiger partial charge in [-0.2, -0.15) is 0 Å². The number of fused-ring (bicyclic) bond motifs is 1. The Labute approximate surface area is 114 Å². The van der Waals surface area contributed by atoms with Gasteiger partial charge in [0.25, 0.3) is 0 Å². The predicted molar refractivity (Wildman–Crippen MR) is 74.5 cm³/mol. The molecule has 1 aromatic rings. The molecule has 1 aliphatic rings. The monoisotopic (exact) mass is 262 g/mol. The number of amides is 1. The van der Waals surface area contributed by atoms with Crippen molar-refractivity contribution < 1.29 is 9.90 Å². The predicted octanol–water partition coefficient (Wildman–Crippen LogP) is 1.28. The van der Waals surface area contributed by atoms with Crippen LogP contribution in [0.3, 0.4) is 0 Å². The number of rotatable bonds is 4. The van der Waals surface area contributed by atoms with Gasteiger partial charge >= 0.3 is 0 Å². The van der Waals surface area contributed by atoms with E-state index in [-0.39, 0.29) is 11.9 Å². The first-order chi connectivity index (χ1) is 8.95. The number of carbonyl (C=O) groups excluding carboxylic acids is 1. The largest absolute Gasteiger partial charge is 0.390 e. The molecule has 0 spiro atoms. The highest BCUT2D eigenvalue weighted by atomic mass is 16.3. The van der Waals surface area contributed by atoms with Gasteiger partial charge in [-0.05, 0) is 24.5 Å². The van der Waals surface area contributed by atoms with Crippen LogP contribution in [0.5, 0.6) is 0 Å². The minimum atomic E-state index is -0.883. The number of hydrogen-bond donors (Lipinski definition) is 3. The average Bonchev–Trinajstić information content (AvgIpc) is 2.66. The Bertz CT molecular complexity index is 471. The highest BCUT2D eigenvalue weighted by Gasteiger charge is 2.35. The van der Waals surface area contributed by atoms with E-state index in [2.05, 4.69) is 5.32 Å². The van der Waals surface area contributed by atoms with Gasteiger partial charge in [-0.3, -0.25) is 4.79 Å². The number of aliphatic hydroxyl groups is 1. The van der Waals surface area contributed by atoms with Crippen molar-refractivity contribution in [2.75, 3.05) is 0 Å². The molecular weight excluding hydrogens is 240 g/mol. The van der Waals surface area contributed by atoms with Crippen LogP contribution in [0.4, 0.5) is 0 Å². The maximum Gasteiger partial charge on any atom is 0.240 e. The van der Waals surface area contributed by atoms with Gasteiger partial charge in [0.15, 0.2) is 0 Å². The minimum absolute atomic E-state index is 0.199. The van der Waals surface area contributed by atoms with Gasteiger partial charge in [0.1, 0.15) is 0 Å². The Hall–Kier alpha value is -1.39. The molecule has 0 radical (unpaired) electrons. The molecule has 2 rings (SSSR count). The lowest BCUT2D eigenvalue weighted by atomic mass is 9.95. The van der Waals surface area contributed by atoms with Gasteiger partial charge in [-0.15, -0.1) is 0 Å². The number of carbonyl (C=O) groups is 1. The third-order valence-corrected chi connectivity index (χ3v) is 3.78. The number of benzene rings is 1. The lowest BCUT2D eigenvalue weighted by Gasteiger charge is -2.27. The van der Waals surface area contributed by atoms with E-state index in [9.17, 15) is 9.90 Å². The average molecular weight is 262 g/mol. The van der Waals surface area contributed by atoms with Crippen LogP contribution < -0.4 is 11.1 Å². The van der Waals surface area contributed by atoms with Gasteiger partial charge in [-0.25, -0.2) is 0 Å². The summed E-state index contributed by atoms with van der Waals surface area (Å²) in [6, 6.07) is 7.45. The van der Waals surface area contributed by atoms with Crippen LogP contribution in [0.2, 0.25) is 0 Å². The summed E-state index contributed by atoms with van der Waals surface area (Å²) in [4.78, 5) is 12.2. The maximum absolute atomic E-state index is 12.2. The first kappa shape index (κ1) is 14.0. The topological polar surface area (TPSA) is 75.4 Å². The second kappa shape index (κ2) is 5.31. The van der Waals surface area contributed by atoms with Gasteiger partial charge < -0.3 is 16.2 Å². The van der Waals surface area contributed by atoms with Crippen molar-refractivity contribution in [2.24, 2.45) is 5.73 Å². The Morgan fingerprint density at radius 3 is 2.89 bits per heavy atom. The van der Waals surface area contributed by atoms with E-state index in [1.807, 2.05) is 31.2 Å². The van der Waals surface area contributed by atoms with E-state index in [1.165, 1.54) is 0 Å². The van der Waals surface area contributed by atoms with E-state index >= 15 is 0 Å². The van der Waals surface area contributed by atoms with E-state index in [4.69, 9.17) is 5.73 Å². The second-order valence-electron chi connectivity index (χ2n) is 5.59. The van der Waals surface area contributed by atoms with E-state index in [0.717, 1.165) is 17.5 Å². The molecule has 19 heavy (non-hydrogen) atoms. The third-order valence-electron chi connectivity index (χ3n) is 3.78. The fourth-order valence-corrected chi connectivity index (χ4v) is 2.69. The lowest BCUT2D eigenvalue weighted by Crippen LogP contribution is -2.53. The smallest absolute Gasteiger partial charge is 0.240 e. The Morgan fingerprint density at radius 2 is 2.21 bits per heavy atom. The molecule has 0 saturated carbocycles. The summed E-state index contributed by atoms with van der Waals surface area (Å²) in [6.45, 7) is 3.73. The molecule has 0 heterocycles. The highest BCUT2D eigenvalue weighted by molar-refractivity contribution is 5.86. The van der Waals surface area contributed by atoms with Crippen LogP contribution in [0.25, 0.3) is 0 Å². The van der Waals surface area contributed by atoms with E-state index in [0.29, 0.717) is 12.8 Å². The molecule has 4 nitrogen and oxygen atoms in total. The Kier molecular flexibility index (Phi) is 3.92. The number of hydrogen-bond acceptors (Lipinski definition) is 3. The van der Waals surface area contributed by atoms with E-state index < -0.39 is 11.6 Å². The Morgan fingerprint density at radius 1 is 1.53 bits per heavy atom. The van der Waals surface area contributed by atoms with Crippen molar-refractivity contribution in [2.45, 2.75) is 50.8 Å². The molecule has 104 valence electrons. The van der Waals surface area contributed by atoms with Crippen molar-refractivity contribution in [3.05, 3.63) is 35.4 Å². The minimum Gasteiger partial charge on any atom is -0.390 e. The van der Waals surface area contributed by atoms with Crippen LogP contribution >= 0.6 is 0 Å². The fraction of sp³-hybridized carbons (Fsp3) is 0.533.